The highest BCUT2D eigenvalue weighted by molar-refractivity contribution is 5.01. The maximum Gasteiger partial charge on any atom is 0.187 e. The number of ether oxygens (including phenoxy) is 15. The predicted molar refractivity (Wildman–Crippen MR) is 264 cm³/mol. The summed E-state index contributed by atoms with van der Waals surface area (Å²) < 4.78 is 83.3. The SMILES string of the molecule is OC[C@H]1O[C@@H](O[C@@H]2[C@@H](O)[C@H](O[C@@H]3[C@@H](O)[C@H](OC[C@H]4O[C@@H](O[C@@H]5[C@@H](O)[C@H](O[C@@H]6[C@@H](O)[C@H](O[C@@H]7[C@@H](O)[C@H](O[C@H]8[C@H](O)[C@@H](CO)OC(O)[C@@H]8O)O[C@H](CO)[C@H]7O)O[C@H](CO)[C@H]6O)O[C@H](CO)[C@H]5O)[C@H](O)[C@@H](O)[C@@H]4O)O[C@H](CO)[C@H]3O)O[C@H](CO)[C@H]2O)[C@H](O)[C@@H](O)[C@@H]1O. The van der Waals surface area contributed by atoms with Crippen LogP contribution in [0.1, 0.15) is 0 Å². The van der Waals surface area contributed by atoms with Crippen LogP contribution in [0.3, 0.4) is 0 Å². The molecule has 8 saturated heterocycles. The molecule has 26 N–H and O–H groups in total. The summed E-state index contributed by atoms with van der Waals surface area (Å²) in [6.07, 6.45) is -80.6. The molecule has 0 aromatic rings. The van der Waals surface area contributed by atoms with E-state index in [2.05, 4.69) is 0 Å². The zero-order valence-corrected chi connectivity index (χ0v) is 46.5. The van der Waals surface area contributed by atoms with Crippen LogP contribution in [0.4, 0.5) is 0 Å². The first-order chi connectivity index (χ1) is 42.2. The third kappa shape index (κ3) is 15.2. The van der Waals surface area contributed by atoms with Crippen molar-refractivity contribution in [2.75, 3.05) is 52.9 Å². The lowest BCUT2D eigenvalue weighted by atomic mass is 9.95. The molecule has 520 valence electrons. The van der Waals surface area contributed by atoms with E-state index in [0.29, 0.717) is 0 Å². The molecule has 8 heterocycles. The van der Waals surface area contributed by atoms with E-state index in [-0.39, 0.29) is 0 Å². The fourth-order valence-electron chi connectivity index (χ4n) is 11.4. The molecule has 8 aliphatic heterocycles. The molecule has 0 saturated carbocycles. The smallest absolute Gasteiger partial charge is 0.187 e. The molecule has 89 heavy (non-hydrogen) atoms. The van der Waals surface area contributed by atoms with Crippen LogP contribution in [-0.4, -0.2) is 431 Å². The number of rotatable bonds is 22. The monoisotopic (exact) mass is 1310 g/mol. The van der Waals surface area contributed by atoms with Gasteiger partial charge in [-0.15, -0.1) is 0 Å². The Morgan fingerprint density at radius 2 is 0.393 bits per heavy atom. The van der Waals surface area contributed by atoms with E-state index in [4.69, 9.17) is 71.1 Å². The summed E-state index contributed by atoms with van der Waals surface area (Å²) in [5.74, 6) is 0. The number of hydrogen-bond acceptors (Lipinski definition) is 41. The highest BCUT2D eigenvalue weighted by atomic mass is 16.8. The first-order valence-electron chi connectivity index (χ1n) is 28.2. The van der Waals surface area contributed by atoms with Crippen LogP contribution in [0, 0.1) is 0 Å². The molecule has 8 fully saturated rings. The average molecular weight is 1320 g/mol. The molecule has 0 amide bonds. The van der Waals surface area contributed by atoms with Crippen molar-refractivity contribution >= 4 is 0 Å². The molecule has 1 unspecified atom stereocenters. The van der Waals surface area contributed by atoms with Gasteiger partial charge in [-0.2, -0.15) is 0 Å². The summed E-state index contributed by atoms with van der Waals surface area (Å²) in [4.78, 5) is 0. The van der Waals surface area contributed by atoms with Gasteiger partial charge in [0.15, 0.2) is 50.3 Å². The number of aliphatic hydroxyl groups is 26. The topological polar surface area (TPSA) is 664 Å². The van der Waals surface area contributed by atoms with E-state index in [1.165, 1.54) is 0 Å². The van der Waals surface area contributed by atoms with Gasteiger partial charge in [-0.05, 0) is 0 Å². The van der Waals surface area contributed by atoms with Gasteiger partial charge < -0.3 is 204 Å². The highest BCUT2D eigenvalue weighted by Gasteiger charge is 2.59. The van der Waals surface area contributed by atoms with E-state index >= 15 is 0 Å². The lowest BCUT2D eigenvalue weighted by Crippen LogP contribution is -2.68. The van der Waals surface area contributed by atoms with Crippen molar-refractivity contribution in [2.45, 2.75) is 246 Å². The molecule has 8 aliphatic rings. The van der Waals surface area contributed by atoms with Crippen LogP contribution in [0.5, 0.6) is 0 Å². The Balaban J connectivity index is 0.931. The minimum Gasteiger partial charge on any atom is -0.394 e. The zero-order valence-electron chi connectivity index (χ0n) is 46.5. The van der Waals surface area contributed by atoms with E-state index in [1.807, 2.05) is 0 Å². The van der Waals surface area contributed by atoms with Gasteiger partial charge in [0.1, 0.15) is 195 Å². The molecule has 0 aromatic carbocycles. The molecule has 41 nitrogen and oxygen atoms in total. The minimum atomic E-state index is -2.35. The summed E-state index contributed by atoms with van der Waals surface area (Å²) >= 11 is 0. The second kappa shape index (κ2) is 31.5. The van der Waals surface area contributed by atoms with Crippen LogP contribution in [0.25, 0.3) is 0 Å². The fourth-order valence-corrected chi connectivity index (χ4v) is 11.4. The van der Waals surface area contributed by atoms with Crippen molar-refractivity contribution in [3.8, 4) is 0 Å². The molecule has 0 aliphatic carbocycles. The van der Waals surface area contributed by atoms with Gasteiger partial charge in [-0.3, -0.25) is 0 Å². The van der Waals surface area contributed by atoms with E-state index in [9.17, 15) is 133 Å². The van der Waals surface area contributed by atoms with Gasteiger partial charge in [-0.1, -0.05) is 0 Å². The first-order valence-corrected chi connectivity index (χ1v) is 28.2. The Morgan fingerprint density at radius 1 is 0.191 bits per heavy atom. The Labute approximate surface area is 501 Å². The van der Waals surface area contributed by atoms with Gasteiger partial charge in [-0.25, -0.2) is 0 Å². The van der Waals surface area contributed by atoms with Crippen LogP contribution < -0.4 is 0 Å². The predicted octanol–water partition coefficient (Wildman–Crippen LogP) is -18.5. The van der Waals surface area contributed by atoms with E-state index in [0.717, 1.165) is 0 Å². The van der Waals surface area contributed by atoms with Crippen LogP contribution >= 0.6 is 0 Å². The summed E-state index contributed by atoms with van der Waals surface area (Å²) in [5, 5.41) is 279. The van der Waals surface area contributed by atoms with Crippen LogP contribution in [-0.2, 0) is 71.1 Å². The molecule has 0 radical (unpaired) electrons. The summed E-state index contributed by atoms with van der Waals surface area (Å²) in [7, 11) is 0. The highest BCUT2D eigenvalue weighted by Crippen LogP contribution is 2.38. The van der Waals surface area contributed by atoms with E-state index in [1.54, 1.807) is 0 Å². The molecule has 8 rings (SSSR count). The lowest BCUT2D eigenvalue weighted by Gasteiger charge is -2.49. The minimum absolute atomic E-state index is 0.891. The summed E-state index contributed by atoms with van der Waals surface area (Å²) in [5.41, 5.74) is 0. The molecular formula is C48H82O41. The summed E-state index contributed by atoms with van der Waals surface area (Å²) in [6, 6.07) is 0. The Morgan fingerprint density at radius 3 is 0.674 bits per heavy atom. The van der Waals surface area contributed by atoms with Crippen molar-refractivity contribution < 1.29 is 204 Å². The van der Waals surface area contributed by atoms with Crippen molar-refractivity contribution in [1.29, 1.82) is 0 Å². The van der Waals surface area contributed by atoms with Crippen molar-refractivity contribution in [3.05, 3.63) is 0 Å². The van der Waals surface area contributed by atoms with Gasteiger partial charge in [0.25, 0.3) is 0 Å². The van der Waals surface area contributed by atoms with Crippen LogP contribution in [0.2, 0.25) is 0 Å². The quantitative estimate of drug-likeness (QED) is 0.0479. The largest absolute Gasteiger partial charge is 0.394 e. The third-order valence-electron chi connectivity index (χ3n) is 16.6. The third-order valence-corrected chi connectivity index (χ3v) is 16.6. The number of hydrogen-bond donors (Lipinski definition) is 26. The Kier molecular flexibility index (Phi) is 25.9. The number of aliphatic hydroxyl groups excluding tert-OH is 26. The second-order valence-electron chi connectivity index (χ2n) is 22.4. The molecule has 0 aromatic heterocycles. The van der Waals surface area contributed by atoms with Gasteiger partial charge in [0.05, 0.1) is 52.9 Å². The molecule has 40 atom stereocenters. The summed E-state index contributed by atoms with van der Waals surface area (Å²) in [6.45, 7) is -8.03. The maximum absolute atomic E-state index is 11.7. The molecule has 41 heteroatoms. The van der Waals surface area contributed by atoms with Crippen molar-refractivity contribution in [2.24, 2.45) is 0 Å². The van der Waals surface area contributed by atoms with E-state index < -0.39 is 299 Å². The average Bonchev–Trinajstić information content (AvgIpc) is 1.81. The fraction of sp³-hybridized carbons (Fsp3) is 1.00. The molecule has 0 spiro atoms. The standard InChI is InChI=1S/C48H82O41/c49-1-9-17(56)25(64)27(66)43(78-9)85-37-21(60)12(4-52)80-46(31(37)70)87-36-20(59)11(3-51)77-42(30(36)69)75-8-16-18(57)26(65)28(67)44(83-16)86-38-22(61)13(5-53)81-47(32(38)71)89-40-24(63)15(7-55)82-48(34(40)73)88-39-23(62)14(6-54)79-45(33(39)72)84-35-19(58)10(2-50)76-41(74)29(35)68/h9-74H,1-8H2/t9-,10-,11-,12-,13-,14-,15-,16-,17-,18-,19-,20-,21-,22-,23-,24-,25+,26+,27-,28-,29-,30-,31-,32-,33-,34-,35+,36+,37+,38+,39+,40+,41?,42-,43+,44+,45+,46+,47+,48+/m1/s1. The van der Waals surface area contributed by atoms with Gasteiger partial charge in [0, 0.05) is 0 Å². The molecular weight excluding hydrogens is 1230 g/mol. The Hall–Kier alpha value is -1.64. The second-order valence-corrected chi connectivity index (χ2v) is 22.4. The van der Waals surface area contributed by atoms with Crippen molar-refractivity contribution in [3.63, 3.8) is 0 Å². The van der Waals surface area contributed by atoms with Crippen LogP contribution in [0.15, 0.2) is 0 Å². The van der Waals surface area contributed by atoms with Crippen molar-refractivity contribution in [1.82, 2.24) is 0 Å². The van der Waals surface area contributed by atoms with Gasteiger partial charge >= 0.3 is 0 Å². The first kappa shape index (κ1) is 73.2. The Bertz CT molecular complexity index is 2130. The molecule has 0 bridgehead atoms. The normalized spacial score (nSPS) is 53.6. The maximum atomic E-state index is 11.7. The lowest BCUT2D eigenvalue weighted by molar-refractivity contribution is -0.396. The zero-order chi connectivity index (χ0) is 65.4. The van der Waals surface area contributed by atoms with Gasteiger partial charge in [0.2, 0.25) is 0 Å².